The number of aryl methyl sites for hydroxylation is 1. The normalized spacial score (nSPS) is 12.7. The van der Waals surface area contributed by atoms with Gasteiger partial charge in [0, 0.05) is 0 Å². The van der Waals surface area contributed by atoms with Crippen LogP contribution in [0.3, 0.4) is 0 Å². The molecule has 0 aliphatic heterocycles. The average molecular weight is 267 g/mol. The van der Waals surface area contributed by atoms with Crippen LogP contribution in [0, 0.1) is 6.92 Å². The molecule has 0 saturated carbocycles. The summed E-state index contributed by atoms with van der Waals surface area (Å²) in [5, 5.41) is 3.32. The van der Waals surface area contributed by atoms with Gasteiger partial charge in [0.2, 0.25) is 0 Å². The molecule has 0 spiro atoms. The van der Waals surface area contributed by atoms with E-state index in [0.29, 0.717) is 0 Å². The van der Waals surface area contributed by atoms with Gasteiger partial charge < -0.3 is 15.3 Å². The SMILES string of the molecule is CNC(c1ccc(C)cc1)c1ccc2[nH]c(=O)[nH]c2c1. The van der Waals surface area contributed by atoms with Crippen LogP contribution in [0.2, 0.25) is 0 Å². The van der Waals surface area contributed by atoms with Crippen LogP contribution >= 0.6 is 0 Å². The molecule has 4 heteroatoms. The van der Waals surface area contributed by atoms with E-state index in [9.17, 15) is 4.79 Å². The summed E-state index contributed by atoms with van der Waals surface area (Å²) in [6.07, 6.45) is 0. The van der Waals surface area contributed by atoms with Crippen LogP contribution in [0.5, 0.6) is 0 Å². The second kappa shape index (κ2) is 4.98. The van der Waals surface area contributed by atoms with Crippen molar-refractivity contribution in [3.63, 3.8) is 0 Å². The second-order valence-corrected chi connectivity index (χ2v) is 5.02. The van der Waals surface area contributed by atoms with Crippen molar-refractivity contribution in [3.05, 3.63) is 69.6 Å². The Balaban J connectivity index is 2.06. The van der Waals surface area contributed by atoms with Gasteiger partial charge in [0.05, 0.1) is 17.1 Å². The molecule has 0 fully saturated rings. The lowest BCUT2D eigenvalue weighted by Crippen LogP contribution is -2.17. The molecule has 0 radical (unpaired) electrons. The van der Waals surface area contributed by atoms with Crippen LogP contribution in [0.25, 0.3) is 11.0 Å². The first-order valence-corrected chi connectivity index (χ1v) is 6.63. The first kappa shape index (κ1) is 12.7. The van der Waals surface area contributed by atoms with E-state index in [-0.39, 0.29) is 11.7 Å². The maximum absolute atomic E-state index is 11.3. The van der Waals surface area contributed by atoms with Crippen molar-refractivity contribution in [3.8, 4) is 0 Å². The van der Waals surface area contributed by atoms with E-state index in [4.69, 9.17) is 0 Å². The van der Waals surface area contributed by atoms with Gasteiger partial charge in [-0.15, -0.1) is 0 Å². The van der Waals surface area contributed by atoms with Crippen molar-refractivity contribution in [2.24, 2.45) is 0 Å². The van der Waals surface area contributed by atoms with E-state index in [0.717, 1.165) is 16.6 Å². The fourth-order valence-corrected chi connectivity index (χ4v) is 2.51. The molecule has 4 nitrogen and oxygen atoms in total. The van der Waals surface area contributed by atoms with Crippen molar-refractivity contribution >= 4 is 11.0 Å². The molecule has 3 N–H and O–H groups in total. The minimum absolute atomic E-state index is 0.110. The summed E-state index contributed by atoms with van der Waals surface area (Å²) in [6.45, 7) is 2.08. The number of imidazole rings is 1. The lowest BCUT2D eigenvalue weighted by Gasteiger charge is -2.17. The Morgan fingerprint density at radius 2 is 1.60 bits per heavy atom. The van der Waals surface area contributed by atoms with Crippen LogP contribution in [0.1, 0.15) is 22.7 Å². The van der Waals surface area contributed by atoms with Crippen LogP contribution in [0.15, 0.2) is 47.3 Å². The zero-order valence-electron chi connectivity index (χ0n) is 11.5. The van der Waals surface area contributed by atoms with E-state index < -0.39 is 0 Å². The number of hydrogen-bond donors (Lipinski definition) is 3. The van der Waals surface area contributed by atoms with Crippen molar-refractivity contribution in [2.75, 3.05) is 7.05 Å². The molecular weight excluding hydrogens is 250 g/mol. The van der Waals surface area contributed by atoms with E-state index in [1.807, 2.05) is 25.2 Å². The Labute approximate surface area is 116 Å². The number of benzene rings is 2. The Bertz CT molecular complexity index is 783. The number of aromatic nitrogens is 2. The second-order valence-electron chi connectivity index (χ2n) is 5.02. The minimum Gasteiger partial charge on any atom is -0.309 e. The van der Waals surface area contributed by atoms with Gasteiger partial charge in [-0.05, 0) is 37.2 Å². The largest absolute Gasteiger partial charge is 0.323 e. The third-order valence-electron chi connectivity index (χ3n) is 3.57. The van der Waals surface area contributed by atoms with Gasteiger partial charge >= 0.3 is 5.69 Å². The highest BCUT2D eigenvalue weighted by Crippen LogP contribution is 2.24. The molecule has 1 heterocycles. The van der Waals surface area contributed by atoms with Gasteiger partial charge in [0.1, 0.15) is 0 Å². The number of rotatable bonds is 3. The molecule has 3 rings (SSSR count). The molecule has 2 aromatic carbocycles. The topological polar surface area (TPSA) is 60.7 Å². The molecule has 0 bridgehead atoms. The third-order valence-corrected chi connectivity index (χ3v) is 3.57. The van der Waals surface area contributed by atoms with Gasteiger partial charge in [-0.1, -0.05) is 35.9 Å². The lowest BCUT2D eigenvalue weighted by atomic mass is 9.97. The number of aromatic amines is 2. The average Bonchev–Trinajstić information content (AvgIpc) is 2.81. The zero-order valence-corrected chi connectivity index (χ0v) is 11.5. The van der Waals surface area contributed by atoms with Gasteiger partial charge in [0.25, 0.3) is 0 Å². The first-order valence-electron chi connectivity index (χ1n) is 6.63. The molecule has 102 valence electrons. The lowest BCUT2D eigenvalue weighted by molar-refractivity contribution is 0.692. The Kier molecular flexibility index (Phi) is 3.16. The Hall–Kier alpha value is -2.33. The van der Waals surface area contributed by atoms with Crippen molar-refractivity contribution < 1.29 is 0 Å². The van der Waals surface area contributed by atoms with Gasteiger partial charge in [0.15, 0.2) is 0 Å². The number of hydrogen-bond acceptors (Lipinski definition) is 2. The van der Waals surface area contributed by atoms with Crippen molar-refractivity contribution in [1.82, 2.24) is 15.3 Å². The van der Waals surface area contributed by atoms with E-state index in [1.54, 1.807) is 0 Å². The zero-order chi connectivity index (χ0) is 14.1. The molecule has 0 amide bonds. The quantitative estimate of drug-likeness (QED) is 0.682. The predicted molar refractivity (Wildman–Crippen MR) is 81.0 cm³/mol. The van der Waals surface area contributed by atoms with E-state index in [2.05, 4.69) is 46.5 Å². The molecule has 0 aliphatic carbocycles. The van der Waals surface area contributed by atoms with Crippen LogP contribution in [-0.2, 0) is 0 Å². The summed E-state index contributed by atoms with van der Waals surface area (Å²) in [5.74, 6) is 0. The van der Waals surface area contributed by atoms with Gasteiger partial charge in [-0.3, -0.25) is 0 Å². The van der Waals surface area contributed by atoms with Crippen LogP contribution in [-0.4, -0.2) is 17.0 Å². The van der Waals surface area contributed by atoms with Crippen LogP contribution < -0.4 is 11.0 Å². The summed E-state index contributed by atoms with van der Waals surface area (Å²) in [7, 11) is 1.94. The first-order chi connectivity index (χ1) is 9.67. The standard InChI is InChI=1S/C16H17N3O/c1-10-3-5-11(6-4-10)15(17-2)12-7-8-13-14(9-12)19-16(20)18-13/h3-9,15,17H,1-2H3,(H2,18,19,20). The van der Waals surface area contributed by atoms with Crippen LogP contribution in [0.4, 0.5) is 0 Å². The van der Waals surface area contributed by atoms with Gasteiger partial charge in [-0.2, -0.15) is 0 Å². The summed E-state index contributed by atoms with van der Waals surface area (Å²) in [5.41, 5.74) is 5.06. The summed E-state index contributed by atoms with van der Waals surface area (Å²) in [4.78, 5) is 16.9. The third kappa shape index (κ3) is 2.26. The maximum atomic E-state index is 11.3. The molecule has 1 aromatic heterocycles. The summed E-state index contributed by atoms with van der Waals surface area (Å²) < 4.78 is 0. The predicted octanol–water partition coefficient (Wildman–Crippen LogP) is 2.47. The molecule has 0 saturated heterocycles. The Morgan fingerprint density at radius 1 is 0.950 bits per heavy atom. The molecule has 3 aromatic rings. The number of fused-ring (bicyclic) bond motifs is 1. The number of nitrogens with one attached hydrogen (secondary N) is 3. The number of H-pyrrole nitrogens is 2. The van der Waals surface area contributed by atoms with Gasteiger partial charge in [-0.25, -0.2) is 4.79 Å². The highest BCUT2D eigenvalue weighted by molar-refractivity contribution is 5.75. The molecule has 1 unspecified atom stereocenters. The van der Waals surface area contributed by atoms with Crippen molar-refractivity contribution in [2.45, 2.75) is 13.0 Å². The van der Waals surface area contributed by atoms with E-state index in [1.165, 1.54) is 11.1 Å². The molecule has 20 heavy (non-hydrogen) atoms. The summed E-state index contributed by atoms with van der Waals surface area (Å²) in [6, 6.07) is 14.6. The molecular formula is C16H17N3O. The molecule has 0 aliphatic rings. The fraction of sp³-hybridized carbons (Fsp3) is 0.188. The summed E-state index contributed by atoms with van der Waals surface area (Å²) >= 11 is 0. The van der Waals surface area contributed by atoms with E-state index >= 15 is 0 Å². The highest BCUT2D eigenvalue weighted by Gasteiger charge is 2.12. The maximum Gasteiger partial charge on any atom is 0.323 e. The van der Waals surface area contributed by atoms with Crippen molar-refractivity contribution in [1.29, 1.82) is 0 Å². The smallest absolute Gasteiger partial charge is 0.309 e. The minimum atomic E-state index is -0.173. The fourth-order valence-electron chi connectivity index (χ4n) is 2.51. The monoisotopic (exact) mass is 267 g/mol. The highest BCUT2D eigenvalue weighted by atomic mass is 16.1. The molecule has 1 atom stereocenters. The Morgan fingerprint density at radius 3 is 2.30 bits per heavy atom.